The van der Waals surface area contributed by atoms with Crippen LogP contribution in [-0.2, 0) is 0 Å². The molecule has 3 aromatic rings. The maximum atomic E-state index is 12.6. The number of para-hydroxylation sites is 1. The van der Waals surface area contributed by atoms with Crippen molar-refractivity contribution in [3.05, 3.63) is 84.1 Å². The van der Waals surface area contributed by atoms with Crippen LogP contribution in [0.5, 0.6) is 0 Å². The number of primary amides is 1. The molecule has 5 nitrogen and oxygen atoms in total. The molecule has 3 rings (SSSR count). The molecule has 2 aromatic carbocycles. The third-order valence-electron chi connectivity index (χ3n) is 3.53. The lowest BCUT2D eigenvalue weighted by atomic mass is 9.97. The zero-order valence-electron chi connectivity index (χ0n) is 12.8. The highest BCUT2D eigenvalue weighted by Gasteiger charge is 2.20. The van der Waals surface area contributed by atoms with Crippen LogP contribution in [0.1, 0.15) is 20.7 Å². The maximum Gasteiger partial charge on any atom is 0.256 e. The first-order valence-corrected chi connectivity index (χ1v) is 7.37. The number of amides is 2. The Balaban J connectivity index is 2.05. The zero-order valence-corrected chi connectivity index (χ0v) is 12.8. The average Bonchev–Trinajstić information content (AvgIpc) is 2.62. The number of nitrogens with two attached hydrogens (primary N) is 1. The molecule has 0 atom stereocenters. The number of pyridine rings is 1. The van der Waals surface area contributed by atoms with E-state index in [1.807, 2.05) is 24.3 Å². The SMILES string of the molecule is NC(=O)c1c(C(=O)Nc2ccccc2)cccc1-c1ccccn1. The number of carbonyl (C=O) groups is 2. The van der Waals surface area contributed by atoms with Gasteiger partial charge in [-0.3, -0.25) is 14.6 Å². The second kappa shape index (κ2) is 6.75. The number of nitrogens with zero attached hydrogens (tertiary/aromatic N) is 1. The number of anilines is 1. The minimum absolute atomic E-state index is 0.157. The number of nitrogens with one attached hydrogen (secondary N) is 1. The summed E-state index contributed by atoms with van der Waals surface area (Å²) >= 11 is 0. The molecule has 3 N–H and O–H groups in total. The molecule has 5 heteroatoms. The number of benzene rings is 2. The number of carbonyl (C=O) groups excluding carboxylic acids is 2. The largest absolute Gasteiger partial charge is 0.366 e. The molecule has 0 aliphatic carbocycles. The van der Waals surface area contributed by atoms with Crippen LogP contribution in [0.4, 0.5) is 5.69 Å². The van der Waals surface area contributed by atoms with Crippen LogP contribution < -0.4 is 11.1 Å². The van der Waals surface area contributed by atoms with Gasteiger partial charge >= 0.3 is 0 Å². The Labute approximate surface area is 139 Å². The van der Waals surface area contributed by atoms with Crippen molar-refractivity contribution in [2.45, 2.75) is 0 Å². The van der Waals surface area contributed by atoms with Crippen LogP contribution >= 0.6 is 0 Å². The normalized spacial score (nSPS) is 10.2. The van der Waals surface area contributed by atoms with Crippen molar-refractivity contribution in [1.82, 2.24) is 4.98 Å². The van der Waals surface area contributed by atoms with Gasteiger partial charge in [0.05, 0.1) is 16.8 Å². The molecule has 0 saturated heterocycles. The number of rotatable bonds is 4. The Morgan fingerprint density at radius 3 is 2.29 bits per heavy atom. The molecule has 0 saturated carbocycles. The first-order chi connectivity index (χ1) is 11.7. The fourth-order valence-corrected chi connectivity index (χ4v) is 2.46. The molecule has 0 fully saturated rings. The van der Waals surface area contributed by atoms with Crippen molar-refractivity contribution in [2.75, 3.05) is 5.32 Å². The van der Waals surface area contributed by atoms with E-state index in [-0.39, 0.29) is 11.1 Å². The zero-order chi connectivity index (χ0) is 16.9. The lowest BCUT2D eigenvalue weighted by Crippen LogP contribution is -2.21. The summed E-state index contributed by atoms with van der Waals surface area (Å²) in [6.07, 6.45) is 1.62. The second-order valence-corrected chi connectivity index (χ2v) is 5.13. The first kappa shape index (κ1) is 15.4. The minimum atomic E-state index is -0.672. The van der Waals surface area contributed by atoms with Gasteiger partial charge in [0.1, 0.15) is 0 Å². The highest BCUT2D eigenvalue weighted by molar-refractivity contribution is 6.14. The third kappa shape index (κ3) is 3.15. The fraction of sp³-hybridized carbons (Fsp3) is 0. The Kier molecular flexibility index (Phi) is 4.34. The lowest BCUT2D eigenvalue weighted by molar-refractivity contribution is 0.0977. The van der Waals surface area contributed by atoms with E-state index in [9.17, 15) is 9.59 Å². The topological polar surface area (TPSA) is 85.1 Å². The molecular weight excluding hydrogens is 302 g/mol. The second-order valence-electron chi connectivity index (χ2n) is 5.13. The van der Waals surface area contributed by atoms with E-state index in [0.29, 0.717) is 16.9 Å². The van der Waals surface area contributed by atoms with Gasteiger partial charge in [0, 0.05) is 17.4 Å². The van der Waals surface area contributed by atoms with Gasteiger partial charge in [0.2, 0.25) is 5.91 Å². The van der Waals surface area contributed by atoms with E-state index in [1.54, 1.807) is 48.7 Å². The molecule has 0 radical (unpaired) electrons. The van der Waals surface area contributed by atoms with Crippen LogP contribution in [0.3, 0.4) is 0 Å². The molecule has 2 amide bonds. The standard InChI is InChI=1S/C19H15N3O2/c20-18(23)17-14(16-11-4-5-12-21-16)9-6-10-15(17)19(24)22-13-7-2-1-3-8-13/h1-12H,(H2,20,23)(H,22,24). The third-order valence-corrected chi connectivity index (χ3v) is 3.53. The quantitative estimate of drug-likeness (QED) is 0.775. The molecule has 0 aliphatic rings. The van der Waals surface area contributed by atoms with Crippen LogP contribution in [0.15, 0.2) is 72.9 Å². The van der Waals surface area contributed by atoms with Crippen LogP contribution in [0, 0.1) is 0 Å². The highest BCUT2D eigenvalue weighted by Crippen LogP contribution is 2.25. The smallest absolute Gasteiger partial charge is 0.256 e. The summed E-state index contributed by atoms with van der Waals surface area (Å²) in [6.45, 7) is 0. The van der Waals surface area contributed by atoms with Crippen LogP contribution in [-0.4, -0.2) is 16.8 Å². The van der Waals surface area contributed by atoms with Crippen LogP contribution in [0.25, 0.3) is 11.3 Å². The van der Waals surface area contributed by atoms with E-state index in [0.717, 1.165) is 0 Å². The van der Waals surface area contributed by atoms with Crippen molar-refractivity contribution in [3.63, 3.8) is 0 Å². The fourth-order valence-electron chi connectivity index (χ4n) is 2.46. The maximum absolute atomic E-state index is 12.6. The summed E-state index contributed by atoms with van der Waals surface area (Å²) in [4.78, 5) is 28.8. The first-order valence-electron chi connectivity index (χ1n) is 7.37. The molecule has 1 aromatic heterocycles. The Morgan fingerprint density at radius 2 is 1.62 bits per heavy atom. The van der Waals surface area contributed by atoms with E-state index in [2.05, 4.69) is 10.3 Å². The van der Waals surface area contributed by atoms with E-state index >= 15 is 0 Å². The van der Waals surface area contributed by atoms with Gasteiger partial charge in [-0.05, 0) is 30.3 Å². The van der Waals surface area contributed by atoms with E-state index in [1.165, 1.54) is 0 Å². The highest BCUT2D eigenvalue weighted by atomic mass is 16.2. The minimum Gasteiger partial charge on any atom is -0.366 e. The summed E-state index contributed by atoms with van der Waals surface area (Å²) in [5.41, 5.74) is 7.67. The van der Waals surface area contributed by atoms with Gasteiger partial charge in [-0.2, -0.15) is 0 Å². The number of hydrogen-bond acceptors (Lipinski definition) is 3. The molecule has 118 valence electrons. The Bertz CT molecular complexity index is 878. The molecule has 1 heterocycles. The van der Waals surface area contributed by atoms with E-state index in [4.69, 9.17) is 5.73 Å². The van der Waals surface area contributed by atoms with Crippen molar-refractivity contribution in [1.29, 1.82) is 0 Å². The monoisotopic (exact) mass is 317 g/mol. The molecule has 0 bridgehead atoms. The number of aromatic nitrogens is 1. The predicted octanol–water partition coefficient (Wildman–Crippen LogP) is 3.10. The van der Waals surface area contributed by atoms with Crippen molar-refractivity contribution >= 4 is 17.5 Å². The lowest BCUT2D eigenvalue weighted by Gasteiger charge is -2.12. The molecule has 0 spiro atoms. The van der Waals surface area contributed by atoms with Crippen molar-refractivity contribution in [3.8, 4) is 11.3 Å². The summed E-state index contributed by atoms with van der Waals surface area (Å²) in [5.74, 6) is -1.07. The van der Waals surface area contributed by atoms with Crippen molar-refractivity contribution < 1.29 is 9.59 Å². The summed E-state index contributed by atoms with van der Waals surface area (Å²) < 4.78 is 0. The molecular formula is C19H15N3O2. The molecule has 0 aliphatic heterocycles. The average molecular weight is 317 g/mol. The van der Waals surface area contributed by atoms with Crippen LogP contribution in [0.2, 0.25) is 0 Å². The number of hydrogen-bond donors (Lipinski definition) is 2. The molecule has 0 unspecified atom stereocenters. The summed E-state index contributed by atoms with van der Waals surface area (Å²) in [5, 5.41) is 2.77. The van der Waals surface area contributed by atoms with E-state index < -0.39 is 11.8 Å². The van der Waals surface area contributed by atoms with Gasteiger partial charge in [0.15, 0.2) is 0 Å². The van der Waals surface area contributed by atoms with Gasteiger partial charge in [-0.25, -0.2) is 0 Å². The predicted molar refractivity (Wildman–Crippen MR) is 92.6 cm³/mol. The summed E-state index contributed by atoms with van der Waals surface area (Å²) in [7, 11) is 0. The van der Waals surface area contributed by atoms with Gasteiger partial charge in [-0.15, -0.1) is 0 Å². The van der Waals surface area contributed by atoms with Gasteiger partial charge in [0.25, 0.3) is 5.91 Å². The van der Waals surface area contributed by atoms with Crippen molar-refractivity contribution in [2.24, 2.45) is 5.73 Å². The Hall–Kier alpha value is -3.47. The molecule has 24 heavy (non-hydrogen) atoms. The Morgan fingerprint density at radius 1 is 0.875 bits per heavy atom. The summed E-state index contributed by atoms with van der Waals surface area (Å²) in [6, 6.07) is 19.4. The van der Waals surface area contributed by atoms with Gasteiger partial charge in [-0.1, -0.05) is 36.4 Å². The van der Waals surface area contributed by atoms with Gasteiger partial charge < -0.3 is 11.1 Å².